The third-order valence-electron chi connectivity index (χ3n) is 2.88. The monoisotopic (exact) mass is 258 g/mol. The van der Waals surface area contributed by atoms with Crippen LogP contribution in [-0.4, -0.2) is 12.5 Å². The number of halogens is 1. The van der Waals surface area contributed by atoms with Crippen molar-refractivity contribution in [2.45, 2.75) is 6.92 Å². The number of anilines is 2. The molecule has 0 fully saturated rings. The van der Waals surface area contributed by atoms with Gasteiger partial charge in [0.1, 0.15) is 5.82 Å². The van der Waals surface area contributed by atoms with Gasteiger partial charge in [0.15, 0.2) is 0 Å². The number of nitrogens with zero attached hydrogens (tertiary/aromatic N) is 1. The van der Waals surface area contributed by atoms with Crippen LogP contribution in [0.2, 0.25) is 0 Å². The van der Waals surface area contributed by atoms with E-state index in [1.54, 1.807) is 4.90 Å². The zero-order chi connectivity index (χ0) is 13.8. The van der Waals surface area contributed by atoms with E-state index < -0.39 is 5.82 Å². The van der Waals surface area contributed by atoms with Crippen molar-refractivity contribution in [1.82, 2.24) is 0 Å². The minimum atomic E-state index is -0.574. The van der Waals surface area contributed by atoms with Crippen molar-refractivity contribution in [1.29, 1.82) is 0 Å². The van der Waals surface area contributed by atoms with Crippen molar-refractivity contribution in [2.24, 2.45) is 0 Å². The first kappa shape index (κ1) is 13.1. The van der Waals surface area contributed by atoms with E-state index in [1.807, 2.05) is 37.3 Å². The Morgan fingerprint density at radius 2 is 1.89 bits per heavy atom. The highest BCUT2D eigenvalue weighted by atomic mass is 19.1. The molecular formula is C15H15FN2O. The topological polar surface area (TPSA) is 46.3 Å². The molecule has 2 aromatic rings. The van der Waals surface area contributed by atoms with E-state index in [0.717, 1.165) is 5.69 Å². The lowest BCUT2D eigenvalue weighted by Crippen LogP contribution is -2.30. The molecule has 0 aromatic heterocycles. The first-order valence-electron chi connectivity index (χ1n) is 6.05. The summed E-state index contributed by atoms with van der Waals surface area (Å²) in [5.74, 6) is -0.817. The van der Waals surface area contributed by atoms with Gasteiger partial charge < -0.3 is 10.6 Å². The summed E-state index contributed by atoms with van der Waals surface area (Å²) in [6.45, 7) is 2.38. The molecule has 0 heterocycles. The molecule has 0 unspecified atom stereocenters. The van der Waals surface area contributed by atoms with E-state index >= 15 is 0 Å². The van der Waals surface area contributed by atoms with Crippen LogP contribution in [0.4, 0.5) is 15.8 Å². The van der Waals surface area contributed by atoms with Gasteiger partial charge in [-0.05, 0) is 37.3 Å². The van der Waals surface area contributed by atoms with E-state index in [9.17, 15) is 9.18 Å². The van der Waals surface area contributed by atoms with Crippen LogP contribution in [-0.2, 0) is 0 Å². The maximum atomic E-state index is 13.4. The lowest BCUT2D eigenvalue weighted by Gasteiger charge is -2.21. The molecule has 2 N–H and O–H groups in total. The Morgan fingerprint density at radius 3 is 2.47 bits per heavy atom. The zero-order valence-electron chi connectivity index (χ0n) is 10.6. The van der Waals surface area contributed by atoms with Crippen LogP contribution in [0, 0.1) is 5.82 Å². The van der Waals surface area contributed by atoms with E-state index in [2.05, 4.69) is 0 Å². The Labute approximate surface area is 111 Å². The summed E-state index contributed by atoms with van der Waals surface area (Å²) in [5.41, 5.74) is 6.52. The molecule has 2 rings (SSSR count). The Morgan fingerprint density at radius 1 is 1.21 bits per heavy atom. The van der Waals surface area contributed by atoms with Crippen LogP contribution >= 0.6 is 0 Å². The van der Waals surface area contributed by atoms with Crippen molar-refractivity contribution in [2.75, 3.05) is 17.2 Å². The van der Waals surface area contributed by atoms with Gasteiger partial charge in [0, 0.05) is 17.8 Å². The molecule has 4 heteroatoms. The molecule has 0 aliphatic heterocycles. The summed E-state index contributed by atoms with van der Waals surface area (Å²) in [4.78, 5) is 13.9. The molecule has 19 heavy (non-hydrogen) atoms. The Kier molecular flexibility index (Phi) is 3.80. The number of nitrogens with two attached hydrogens (primary N) is 1. The SMILES string of the molecule is CCN(C(=O)c1ccc(N)c(F)c1)c1ccccc1. The predicted molar refractivity (Wildman–Crippen MR) is 74.6 cm³/mol. The van der Waals surface area contributed by atoms with E-state index in [4.69, 9.17) is 5.73 Å². The molecule has 0 aliphatic rings. The molecular weight excluding hydrogens is 243 g/mol. The van der Waals surface area contributed by atoms with Crippen molar-refractivity contribution in [3.8, 4) is 0 Å². The fourth-order valence-electron chi connectivity index (χ4n) is 1.87. The van der Waals surface area contributed by atoms with Crippen LogP contribution in [0.3, 0.4) is 0 Å². The van der Waals surface area contributed by atoms with Crippen LogP contribution in [0.15, 0.2) is 48.5 Å². The van der Waals surface area contributed by atoms with Gasteiger partial charge in [0.25, 0.3) is 5.91 Å². The summed E-state index contributed by atoms with van der Waals surface area (Å²) in [5, 5.41) is 0. The first-order chi connectivity index (χ1) is 9.13. The normalized spacial score (nSPS) is 10.2. The fraction of sp³-hybridized carbons (Fsp3) is 0.133. The van der Waals surface area contributed by atoms with Gasteiger partial charge in [0.05, 0.1) is 5.69 Å². The van der Waals surface area contributed by atoms with Crippen molar-refractivity contribution < 1.29 is 9.18 Å². The Balaban J connectivity index is 2.33. The van der Waals surface area contributed by atoms with Gasteiger partial charge in [-0.2, -0.15) is 0 Å². The number of nitrogen functional groups attached to an aromatic ring is 1. The number of amides is 1. The zero-order valence-corrected chi connectivity index (χ0v) is 10.6. The van der Waals surface area contributed by atoms with Crippen LogP contribution < -0.4 is 10.6 Å². The number of carbonyl (C=O) groups is 1. The smallest absolute Gasteiger partial charge is 0.258 e. The number of carbonyl (C=O) groups excluding carboxylic acids is 1. The molecule has 3 nitrogen and oxygen atoms in total. The van der Waals surface area contributed by atoms with Crippen molar-refractivity contribution in [3.05, 3.63) is 59.9 Å². The third kappa shape index (κ3) is 2.73. The third-order valence-corrected chi connectivity index (χ3v) is 2.88. The standard InChI is InChI=1S/C15H15FN2O/c1-2-18(12-6-4-3-5-7-12)15(19)11-8-9-14(17)13(16)10-11/h3-10H,2,17H2,1H3. The van der Waals surface area contributed by atoms with E-state index in [1.165, 1.54) is 18.2 Å². The van der Waals surface area contributed by atoms with Gasteiger partial charge in [-0.1, -0.05) is 18.2 Å². The molecule has 0 saturated heterocycles. The Bertz CT molecular complexity index is 584. The summed E-state index contributed by atoms with van der Waals surface area (Å²) >= 11 is 0. The number of benzene rings is 2. The van der Waals surface area contributed by atoms with Crippen LogP contribution in [0.1, 0.15) is 17.3 Å². The van der Waals surface area contributed by atoms with Crippen LogP contribution in [0.5, 0.6) is 0 Å². The first-order valence-corrected chi connectivity index (χ1v) is 6.05. The molecule has 2 aromatic carbocycles. The lowest BCUT2D eigenvalue weighted by atomic mass is 10.1. The van der Waals surface area contributed by atoms with Gasteiger partial charge in [-0.15, -0.1) is 0 Å². The second-order valence-electron chi connectivity index (χ2n) is 4.12. The van der Waals surface area contributed by atoms with Gasteiger partial charge in [-0.3, -0.25) is 4.79 Å². The average molecular weight is 258 g/mol. The number of rotatable bonds is 3. The Hall–Kier alpha value is -2.36. The molecule has 0 spiro atoms. The second kappa shape index (κ2) is 5.52. The summed E-state index contributed by atoms with van der Waals surface area (Å²) in [7, 11) is 0. The highest BCUT2D eigenvalue weighted by molar-refractivity contribution is 6.06. The molecule has 0 atom stereocenters. The maximum Gasteiger partial charge on any atom is 0.258 e. The summed E-state index contributed by atoms with van der Waals surface area (Å²) in [6.07, 6.45) is 0. The molecule has 1 amide bonds. The van der Waals surface area contributed by atoms with Gasteiger partial charge >= 0.3 is 0 Å². The lowest BCUT2D eigenvalue weighted by molar-refractivity contribution is 0.0988. The van der Waals surface area contributed by atoms with Gasteiger partial charge in [0.2, 0.25) is 0 Å². The highest BCUT2D eigenvalue weighted by Gasteiger charge is 2.16. The fourth-order valence-corrected chi connectivity index (χ4v) is 1.87. The molecule has 0 aliphatic carbocycles. The molecule has 98 valence electrons. The largest absolute Gasteiger partial charge is 0.396 e. The van der Waals surface area contributed by atoms with Gasteiger partial charge in [-0.25, -0.2) is 4.39 Å². The van der Waals surface area contributed by atoms with E-state index in [0.29, 0.717) is 6.54 Å². The molecule has 0 radical (unpaired) electrons. The predicted octanol–water partition coefficient (Wildman–Crippen LogP) is 3.07. The number of hydrogen-bond donors (Lipinski definition) is 1. The maximum absolute atomic E-state index is 13.4. The number of para-hydroxylation sites is 1. The minimum absolute atomic E-state index is 0.0410. The minimum Gasteiger partial charge on any atom is -0.396 e. The number of hydrogen-bond acceptors (Lipinski definition) is 2. The van der Waals surface area contributed by atoms with E-state index in [-0.39, 0.29) is 17.2 Å². The summed E-state index contributed by atoms with van der Waals surface area (Å²) in [6, 6.07) is 13.4. The van der Waals surface area contributed by atoms with Crippen molar-refractivity contribution >= 4 is 17.3 Å². The van der Waals surface area contributed by atoms with Crippen LogP contribution in [0.25, 0.3) is 0 Å². The molecule has 0 saturated carbocycles. The summed E-state index contributed by atoms with van der Waals surface area (Å²) < 4.78 is 13.4. The average Bonchev–Trinajstić information content (AvgIpc) is 2.44. The van der Waals surface area contributed by atoms with Crippen molar-refractivity contribution in [3.63, 3.8) is 0 Å². The molecule has 0 bridgehead atoms. The quantitative estimate of drug-likeness (QED) is 0.860. The second-order valence-corrected chi connectivity index (χ2v) is 4.12. The highest BCUT2D eigenvalue weighted by Crippen LogP contribution is 2.18.